The van der Waals surface area contributed by atoms with Gasteiger partial charge in [-0.15, -0.1) is 0 Å². The number of non-ortho nitro benzene ring substituents is 1. The number of carbonyl (C=O) groups excluding carboxylic acids is 1. The topological polar surface area (TPSA) is 81.9 Å². The third-order valence-electron chi connectivity index (χ3n) is 4.56. The van der Waals surface area contributed by atoms with Crippen LogP contribution in [0, 0.1) is 10.1 Å². The van der Waals surface area contributed by atoms with Crippen molar-refractivity contribution in [1.82, 2.24) is 4.90 Å². The molecule has 8 heteroatoms. The van der Waals surface area contributed by atoms with Gasteiger partial charge >= 0.3 is 6.09 Å². The van der Waals surface area contributed by atoms with Crippen molar-refractivity contribution >= 4 is 11.8 Å². The second-order valence-corrected chi connectivity index (χ2v) is 6.56. The van der Waals surface area contributed by atoms with Crippen LogP contribution >= 0.6 is 0 Å². The van der Waals surface area contributed by atoms with E-state index in [4.69, 9.17) is 9.47 Å². The molecule has 1 heterocycles. The maximum Gasteiger partial charge on any atom is 0.410 e. The summed E-state index contributed by atoms with van der Waals surface area (Å²) in [6.07, 6.45) is -2.14. The van der Waals surface area contributed by atoms with E-state index in [0.717, 1.165) is 11.1 Å². The summed E-state index contributed by atoms with van der Waals surface area (Å²) in [4.78, 5) is 23.7. The van der Waals surface area contributed by atoms with Crippen LogP contribution in [-0.2, 0) is 22.7 Å². The first kappa shape index (κ1) is 19.8. The van der Waals surface area contributed by atoms with Crippen molar-refractivity contribution in [3.63, 3.8) is 0 Å². The van der Waals surface area contributed by atoms with Crippen LogP contribution in [0.1, 0.15) is 17.5 Å². The third kappa shape index (κ3) is 5.26. The molecule has 0 aliphatic carbocycles. The Morgan fingerprint density at radius 1 is 1.11 bits per heavy atom. The van der Waals surface area contributed by atoms with Gasteiger partial charge in [0.25, 0.3) is 5.69 Å². The fourth-order valence-electron chi connectivity index (χ4n) is 2.96. The molecule has 0 radical (unpaired) electrons. The Balaban J connectivity index is 1.44. The molecule has 1 saturated heterocycles. The van der Waals surface area contributed by atoms with Crippen LogP contribution in [0.15, 0.2) is 54.6 Å². The Bertz CT molecular complexity index is 800. The van der Waals surface area contributed by atoms with Gasteiger partial charge in [-0.25, -0.2) is 9.18 Å². The highest BCUT2D eigenvalue weighted by atomic mass is 19.1. The zero-order chi connectivity index (χ0) is 19.9. The molecule has 148 valence electrons. The van der Waals surface area contributed by atoms with Crippen molar-refractivity contribution < 1.29 is 23.6 Å². The molecule has 0 aromatic heterocycles. The predicted octanol–water partition coefficient (Wildman–Crippen LogP) is 3.86. The number of likely N-dealkylation sites (tertiary alicyclic amines) is 1. The summed E-state index contributed by atoms with van der Waals surface area (Å²) in [7, 11) is 0. The predicted molar refractivity (Wildman–Crippen MR) is 99.4 cm³/mol. The van der Waals surface area contributed by atoms with Crippen molar-refractivity contribution in [1.29, 1.82) is 0 Å². The van der Waals surface area contributed by atoms with Crippen molar-refractivity contribution in [3.05, 3.63) is 75.8 Å². The van der Waals surface area contributed by atoms with Gasteiger partial charge in [0.1, 0.15) is 12.8 Å². The van der Waals surface area contributed by atoms with Crippen LogP contribution < -0.4 is 0 Å². The number of ether oxygens (including phenoxy) is 2. The van der Waals surface area contributed by atoms with E-state index in [-0.39, 0.29) is 25.4 Å². The number of nitro groups is 1. The molecule has 2 unspecified atom stereocenters. The first-order chi connectivity index (χ1) is 13.5. The number of carbonyl (C=O) groups is 1. The molecule has 2 atom stereocenters. The summed E-state index contributed by atoms with van der Waals surface area (Å²) in [6.45, 7) is 0.562. The lowest BCUT2D eigenvalue weighted by molar-refractivity contribution is -0.384. The minimum absolute atomic E-state index is 0.00515. The van der Waals surface area contributed by atoms with Gasteiger partial charge in [0.15, 0.2) is 0 Å². The molecule has 0 spiro atoms. The fourth-order valence-corrected chi connectivity index (χ4v) is 2.96. The fraction of sp³-hybridized carbons (Fsp3) is 0.350. The number of nitro benzene ring substituents is 1. The Kier molecular flexibility index (Phi) is 6.54. The first-order valence-electron chi connectivity index (χ1n) is 8.97. The molecule has 7 nitrogen and oxygen atoms in total. The lowest BCUT2D eigenvalue weighted by atomic mass is 10.1. The second-order valence-electron chi connectivity index (χ2n) is 6.56. The number of benzene rings is 2. The van der Waals surface area contributed by atoms with Crippen LogP contribution in [0.5, 0.6) is 0 Å². The number of rotatable bonds is 6. The minimum atomic E-state index is -1.32. The Morgan fingerprint density at radius 2 is 1.79 bits per heavy atom. The van der Waals surface area contributed by atoms with E-state index < -0.39 is 23.3 Å². The van der Waals surface area contributed by atoms with Gasteiger partial charge in [0, 0.05) is 18.7 Å². The minimum Gasteiger partial charge on any atom is -0.445 e. The van der Waals surface area contributed by atoms with Gasteiger partial charge < -0.3 is 14.4 Å². The second kappa shape index (κ2) is 9.27. The third-order valence-corrected chi connectivity index (χ3v) is 4.56. The molecule has 1 fully saturated rings. The largest absolute Gasteiger partial charge is 0.445 e. The molecular weight excluding hydrogens is 367 g/mol. The number of hydrogen-bond acceptors (Lipinski definition) is 5. The molecule has 1 aliphatic rings. The van der Waals surface area contributed by atoms with Gasteiger partial charge in [0.05, 0.1) is 24.2 Å². The smallest absolute Gasteiger partial charge is 0.410 e. The van der Waals surface area contributed by atoms with Gasteiger partial charge in [-0.2, -0.15) is 0 Å². The van der Waals surface area contributed by atoms with E-state index in [0.29, 0.717) is 13.0 Å². The van der Waals surface area contributed by atoms with E-state index in [2.05, 4.69) is 0 Å². The number of alkyl halides is 1. The summed E-state index contributed by atoms with van der Waals surface area (Å²) in [5.74, 6) is 0. The van der Waals surface area contributed by atoms with Crippen LogP contribution in [0.4, 0.5) is 14.9 Å². The average Bonchev–Trinajstić information content (AvgIpc) is 2.72. The standard InChI is InChI=1S/C20H21FN2O5/c21-18-12-22(20(24)28-14-15-4-2-1-3-5-15)11-10-19(18)27-13-16-6-8-17(9-7-16)23(25)26/h1-9,18-19H,10-14H2. The summed E-state index contributed by atoms with van der Waals surface area (Å²) in [5.41, 5.74) is 1.59. The quantitative estimate of drug-likeness (QED) is 0.554. The molecular formula is C20H21FN2O5. The number of hydrogen-bond donors (Lipinski definition) is 0. The van der Waals surface area contributed by atoms with E-state index in [9.17, 15) is 19.3 Å². The zero-order valence-electron chi connectivity index (χ0n) is 15.2. The molecule has 28 heavy (non-hydrogen) atoms. The number of halogens is 1. The highest BCUT2D eigenvalue weighted by Gasteiger charge is 2.33. The van der Waals surface area contributed by atoms with Crippen LogP contribution in [-0.4, -0.2) is 41.3 Å². The van der Waals surface area contributed by atoms with Crippen molar-refractivity contribution in [2.24, 2.45) is 0 Å². The van der Waals surface area contributed by atoms with E-state index in [1.54, 1.807) is 12.1 Å². The summed E-state index contributed by atoms with van der Waals surface area (Å²) >= 11 is 0. The van der Waals surface area contributed by atoms with E-state index in [1.165, 1.54) is 17.0 Å². The van der Waals surface area contributed by atoms with Crippen LogP contribution in [0.2, 0.25) is 0 Å². The van der Waals surface area contributed by atoms with Crippen molar-refractivity contribution in [3.8, 4) is 0 Å². The van der Waals surface area contributed by atoms with E-state index in [1.807, 2.05) is 30.3 Å². The highest BCUT2D eigenvalue weighted by Crippen LogP contribution is 2.21. The monoisotopic (exact) mass is 388 g/mol. The van der Waals surface area contributed by atoms with Gasteiger partial charge in [-0.3, -0.25) is 10.1 Å². The zero-order valence-corrected chi connectivity index (χ0v) is 15.2. The molecule has 0 bridgehead atoms. The average molecular weight is 388 g/mol. The molecule has 0 saturated carbocycles. The maximum atomic E-state index is 14.4. The number of piperidine rings is 1. The molecule has 2 aromatic carbocycles. The SMILES string of the molecule is O=C(OCc1ccccc1)N1CCC(OCc2ccc([N+](=O)[O-])cc2)C(F)C1. The van der Waals surface area contributed by atoms with Gasteiger partial charge in [-0.1, -0.05) is 30.3 Å². The van der Waals surface area contributed by atoms with Crippen molar-refractivity contribution in [2.75, 3.05) is 13.1 Å². The van der Waals surface area contributed by atoms with Crippen LogP contribution in [0.3, 0.4) is 0 Å². The Morgan fingerprint density at radius 3 is 2.43 bits per heavy atom. The van der Waals surface area contributed by atoms with E-state index >= 15 is 0 Å². The lowest BCUT2D eigenvalue weighted by Gasteiger charge is -2.33. The summed E-state index contributed by atoms with van der Waals surface area (Å²) < 4.78 is 25.3. The lowest BCUT2D eigenvalue weighted by Crippen LogP contribution is -2.48. The molecule has 2 aromatic rings. The molecule has 3 rings (SSSR count). The Hall–Kier alpha value is -3.00. The van der Waals surface area contributed by atoms with Crippen LogP contribution in [0.25, 0.3) is 0 Å². The van der Waals surface area contributed by atoms with Crippen molar-refractivity contribution in [2.45, 2.75) is 31.9 Å². The molecule has 1 aliphatic heterocycles. The van der Waals surface area contributed by atoms with Gasteiger partial charge in [-0.05, 0) is 29.7 Å². The molecule has 1 amide bonds. The normalized spacial score (nSPS) is 19.2. The summed E-state index contributed by atoms with van der Waals surface area (Å²) in [5, 5.41) is 10.7. The Labute approximate surface area is 161 Å². The molecule has 0 N–H and O–H groups in total. The highest BCUT2D eigenvalue weighted by molar-refractivity contribution is 5.67. The number of amides is 1. The number of nitrogens with zero attached hydrogens (tertiary/aromatic N) is 2. The first-order valence-corrected chi connectivity index (χ1v) is 8.97. The summed E-state index contributed by atoms with van der Waals surface area (Å²) in [6, 6.07) is 15.2. The maximum absolute atomic E-state index is 14.4. The van der Waals surface area contributed by atoms with Gasteiger partial charge in [0.2, 0.25) is 0 Å².